The molecule has 0 atom stereocenters. The van der Waals surface area contributed by atoms with Crippen molar-refractivity contribution in [2.45, 2.75) is 13.0 Å². The van der Waals surface area contributed by atoms with Gasteiger partial charge >= 0.3 is 0 Å². The molecule has 3 heterocycles. The highest BCUT2D eigenvalue weighted by molar-refractivity contribution is 7.09. The van der Waals surface area contributed by atoms with Crippen LogP contribution in [0.3, 0.4) is 0 Å². The van der Waals surface area contributed by atoms with Gasteiger partial charge in [0.15, 0.2) is 0 Å². The lowest BCUT2D eigenvalue weighted by molar-refractivity contribution is 0.0762. The van der Waals surface area contributed by atoms with E-state index in [0.29, 0.717) is 17.8 Å². The van der Waals surface area contributed by atoms with Gasteiger partial charge in [-0.3, -0.25) is 14.8 Å². The van der Waals surface area contributed by atoms with E-state index in [-0.39, 0.29) is 11.7 Å². The van der Waals surface area contributed by atoms with E-state index >= 15 is 0 Å². The number of aromatic nitrogens is 2. The summed E-state index contributed by atoms with van der Waals surface area (Å²) in [7, 11) is 0. The zero-order valence-corrected chi connectivity index (χ0v) is 15.7. The fourth-order valence-electron chi connectivity index (χ4n) is 3.41. The van der Waals surface area contributed by atoms with Crippen LogP contribution in [0.4, 0.5) is 4.39 Å². The summed E-state index contributed by atoms with van der Waals surface area (Å²) in [5.74, 6) is -0.328. The molecule has 4 rings (SSSR count). The predicted octanol–water partition coefficient (Wildman–Crippen LogP) is 3.63. The molecule has 0 bridgehead atoms. The van der Waals surface area contributed by atoms with Crippen LogP contribution in [0.1, 0.15) is 21.7 Å². The Morgan fingerprint density at radius 3 is 2.78 bits per heavy atom. The largest absolute Gasteiger partial charge is 0.337 e. The number of aromatic amines is 1. The number of H-pyrrole nitrogens is 1. The van der Waals surface area contributed by atoms with Gasteiger partial charge < -0.3 is 4.90 Å². The van der Waals surface area contributed by atoms with E-state index in [0.717, 1.165) is 38.2 Å². The van der Waals surface area contributed by atoms with Crippen LogP contribution < -0.4 is 0 Å². The van der Waals surface area contributed by atoms with E-state index in [1.807, 2.05) is 4.90 Å². The normalized spacial score (nSPS) is 15.7. The molecule has 1 aromatic carbocycles. The third-order valence-electron chi connectivity index (χ3n) is 4.84. The van der Waals surface area contributed by atoms with E-state index in [2.05, 4.69) is 32.6 Å². The quantitative estimate of drug-likeness (QED) is 0.747. The van der Waals surface area contributed by atoms with E-state index < -0.39 is 0 Å². The van der Waals surface area contributed by atoms with Gasteiger partial charge in [-0.2, -0.15) is 5.10 Å². The second-order valence-electron chi connectivity index (χ2n) is 6.67. The lowest BCUT2D eigenvalue weighted by atomic mass is 10.1. The Hall–Kier alpha value is -2.51. The smallest absolute Gasteiger partial charge is 0.257 e. The number of rotatable bonds is 4. The molecule has 5 nitrogen and oxygen atoms in total. The first kappa shape index (κ1) is 17.9. The number of thiophene rings is 1. The Balaban J connectivity index is 1.46. The average molecular weight is 384 g/mol. The summed E-state index contributed by atoms with van der Waals surface area (Å²) in [6.45, 7) is 4.20. The van der Waals surface area contributed by atoms with Crippen LogP contribution in [-0.2, 0) is 6.54 Å². The number of carbonyl (C=O) groups excluding carboxylic acids is 1. The minimum Gasteiger partial charge on any atom is -0.337 e. The van der Waals surface area contributed by atoms with Crippen molar-refractivity contribution >= 4 is 17.2 Å². The number of halogens is 1. The van der Waals surface area contributed by atoms with Crippen LogP contribution in [0, 0.1) is 5.82 Å². The van der Waals surface area contributed by atoms with Crippen molar-refractivity contribution in [3.63, 3.8) is 0 Å². The molecule has 0 aliphatic carbocycles. The fourth-order valence-corrected chi connectivity index (χ4v) is 4.16. The summed E-state index contributed by atoms with van der Waals surface area (Å²) < 4.78 is 13.2. The van der Waals surface area contributed by atoms with Crippen molar-refractivity contribution in [2.24, 2.45) is 0 Å². The maximum atomic E-state index is 13.2. The Morgan fingerprint density at radius 2 is 2.00 bits per heavy atom. The predicted molar refractivity (Wildman–Crippen MR) is 104 cm³/mol. The zero-order valence-electron chi connectivity index (χ0n) is 14.9. The summed E-state index contributed by atoms with van der Waals surface area (Å²) in [6, 6.07) is 10.3. The highest BCUT2D eigenvalue weighted by Crippen LogP contribution is 2.23. The van der Waals surface area contributed by atoms with Crippen molar-refractivity contribution in [2.75, 3.05) is 26.2 Å². The summed E-state index contributed by atoms with van der Waals surface area (Å²) in [5.41, 5.74) is 1.93. The van der Waals surface area contributed by atoms with Crippen molar-refractivity contribution in [1.82, 2.24) is 20.0 Å². The summed E-state index contributed by atoms with van der Waals surface area (Å²) in [4.78, 5) is 18.7. The van der Waals surface area contributed by atoms with E-state index in [4.69, 9.17) is 0 Å². The third kappa shape index (κ3) is 4.09. The lowest BCUT2D eigenvalue weighted by Gasteiger charge is -2.21. The van der Waals surface area contributed by atoms with Crippen LogP contribution in [0.5, 0.6) is 0 Å². The Bertz CT molecular complexity index is 891. The molecule has 140 valence electrons. The minimum absolute atomic E-state index is 0.0268. The van der Waals surface area contributed by atoms with Gasteiger partial charge in [-0.1, -0.05) is 6.07 Å². The van der Waals surface area contributed by atoms with Crippen molar-refractivity contribution in [1.29, 1.82) is 0 Å². The molecule has 1 fully saturated rings. The molecule has 1 saturated heterocycles. The SMILES string of the molecule is O=C(c1cn[nH]c1-c1ccc(F)cc1)N1CCCN(Cc2cccs2)CC1. The number of hydrogen-bond donors (Lipinski definition) is 1. The van der Waals surface area contributed by atoms with Crippen molar-refractivity contribution in [3.8, 4) is 11.3 Å². The molecule has 0 saturated carbocycles. The van der Waals surface area contributed by atoms with Gasteiger partial charge in [-0.15, -0.1) is 11.3 Å². The first-order chi connectivity index (χ1) is 13.2. The number of nitrogens with one attached hydrogen (secondary N) is 1. The van der Waals surface area contributed by atoms with Gasteiger partial charge in [0.05, 0.1) is 17.5 Å². The molecule has 27 heavy (non-hydrogen) atoms. The average Bonchev–Trinajstić information content (AvgIpc) is 3.31. The maximum Gasteiger partial charge on any atom is 0.257 e. The van der Waals surface area contributed by atoms with E-state index in [9.17, 15) is 9.18 Å². The Morgan fingerprint density at radius 1 is 1.15 bits per heavy atom. The van der Waals surface area contributed by atoms with Gasteiger partial charge in [0.2, 0.25) is 0 Å². The maximum absolute atomic E-state index is 13.2. The Labute approximate surface area is 161 Å². The number of amides is 1. The van der Waals surface area contributed by atoms with Crippen LogP contribution in [0.25, 0.3) is 11.3 Å². The summed E-state index contributed by atoms with van der Waals surface area (Å²) in [5, 5.41) is 9.03. The molecule has 2 aromatic heterocycles. The van der Waals surface area contributed by atoms with Gasteiger partial charge in [0, 0.05) is 43.2 Å². The molecule has 1 N–H and O–H groups in total. The number of nitrogens with zero attached hydrogens (tertiary/aromatic N) is 3. The third-order valence-corrected chi connectivity index (χ3v) is 5.70. The number of hydrogen-bond acceptors (Lipinski definition) is 4. The Kier molecular flexibility index (Phi) is 5.31. The van der Waals surface area contributed by atoms with E-state index in [1.54, 1.807) is 29.7 Å². The second kappa shape index (κ2) is 8.02. The van der Waals surface area contributed by atoms with Gasteiger partial charge in [-0.05, 0) is 42.1 Å². The topological polar surface area (TPSA) is 52.2 Å². The highest BCUT2D eigenvalue weighted by Gasteiger charge is 2.24. The molecule has 1 amide bonds. The molecule has 0 radical (unpaired) electrons. The van der Waals surface area contributed by atoms with Gasteiger partial charge in [0.25, 0.3) is 5.91 Å². The first-order valence-corrected chi connectivity index (χ1v) is 9.92. The zero-order chi connectivity index (χ0) is 18.6. The van der Waals surface area contributed by atoms with Crippen LogP contribution in [0.2, 0.25) is 0 Å². The molecule has 7 heteroatoms. The molecular formula is C20H21FN4OS. The molecule has 0 unspecified atom stereocenters. The number of carbonyl (C=O) groups is 1. The lowest BCUT2D eigenvalue weighted by Crippen LogP contribution is -2.35. The van der Waals surface area contributed by atoms with E-state index in [1.165, 1.54) is 17.0 Å². The monoisotopic (exact) mass is 384 g/mol. The summed E-state index contributed by atoms with van der Waals surface area (Å²) in [6.07, 6.45) is 2.51. The second-order valence-corrected chi connectivity index (χ2v) is 7.70. The van der Waals surface area contributed by atoms with Gasteiger partial charge in [0.1, 0.15) is 5.82 Å². The fraction of sp³-hybridized carbons (Fsp3) is 0.300. The standard InChI is InChI=1S/C20H21FN4OS/c21-16-6-4-15(5-7-16)19-18(13-22-23-19)20(26)25-9-2-8-24(10-11-25)14-17-3-1-12-27-17/h1,3-7,12-13H,2,8-11,14H2,(H,22,23). The van der Waals surface area contributed by atoms with Crippen LogP contribution >= 0.6 is 11.3 Å². The highest BCUT2D eigenvalue weighted by atomic mass is 32.1. The minimum atomic E-state index is -0.301. The molecule has 1 aliphatic heterocycles. The van der Waals surface area contributed by atoms with Gasteiger partial charge in [-0.25, -0.2) is 4.39 Å². The van der Waals surface area contributed by atoms with Crippen LogP contribution in [-0.4, -0.2) is 52.1 Å². The molecule has 1 aliphatic rings. The van der Waals surface area contributed by atoms with Crippen LogP contribution in [0.15, 0.2) is 48.0 Å². The number of benzene rings is 1. The first-order valence-electron chi connectivity index (χ1n) is 9.04. The molecular weight excluding hydrogens is 363 g/mol. The van der Waals surface area contributed by atoms with Crippen molar-refractivity contribution < 1.29 is 9.18 Å². The molecule has 3 aromatic rings. The summed E-state index contributed by atoms with van der Waals surface area (Å²) >= 11 is 1.77. The molecule has 0 spiro atoms. The van der Waals surface area contributed by atoms with Crippen molar-refractivity contribution in [3.05, 3.63) is 64.2 Å².